The number of ether oxygens (including phenoxy) is 1. The lowest BCUT2D eigenvalue weighted by Crippen LogP contribution is -2.47. The van der Waals surface area contributed by atoms with Gasteiger partial charge in [0.25, 0.3) is 0 Å². The molecule has 4 rings (SSSR count). The minimum Gasteiger partial charge on any atom is -0.456 e. The lowest BCUT2D eigenvalue weighted by Gasteiger charge is -2.34. The van der Waals surface area contributed by atoms with Gasteiger partial charge in [0.05, 0.1) is 12.2 Å². The number of piperidine rings is 1. The summed E-state index contributed by atoms with van der Waals surface area (Å²) in [6.07, 6.45) is 7.49. The number of likely N-dealkylation sites (tertiary alicyclic amines) is 1. The summed E-state index contributed by atoms with van der Waals surface area (Å²) >= 11 is 0. The Morgan fingerprint density at radius 3 is 2.60 bits per heavy atom. The summed E-state index contributed by atoms with van der Waals surface area (Å²) in [6.45, 7) is 1.88. The average molecular weight is 402 g/mol. The summed E-state index contributed by atoms with van der Waals surface area (Å²) in [5, 5.41) is 3.08. The predicted molar refractivity (Wildman–Crippen MR) is 119 cm³/mol. The van der Waals surface area contributed by atoms with Gasteiger partial charge in [0, 0.05) is 18.4 Å². The second-order valence-corrected chi connectivity index (χ2v) is 7.59. The first-order valence-corrected chi connectivity index (χ1v) is 10.5. The molecule has 1 aliphatic rings. The van der Waals surface area contributed by atoms with Crippen LogP contribution in [0.5, 0.6) is 11.5 Å². The highest BCUT2D eigenvalue weighted by molar-refractivity contribution is 5.94. The van der Waals surface area contributed by atoms with Gasteiger partial charge in [-0.25, -0.2) is 0 Å². The molecule has 0 saturated carbocycles. The Morgan fingerprint density at radius 1 is 1.00 bits per heavy atom. The SMILES string of the molecule is O=C(Nc1ccc(Oc2cccnc2)cc1)[C@H]1CCCCN1CCc1ccccc1. The number of carbonyl (C=O) groups is 1. The zero-order valence-corrected chi connectivity index (χ0v) is 17.0. The van der Waals surface area contributed by atoms with Crippen molar-refractivity contribution in [3.63, 3.8) is 0 Å². The molecule has 1 aromatic heterocycles. The Balaban J connectivity index is 1.34. The van der Waals surface area contributed by atoms with Crippen molar-refractivity contribution in [1.82, 2.24) is 9.88 Å². The number of pyridine rings is 1. The maximum atomic E-state index is 13.0. The Bertz CT molecular complexity index is 930. The van der Waals surface area contributed by atoms with Crippen molar-refractivity contribution in [3.8, 4) is 11.5 Å². The van der Waals surface area contributed by atoms with Gasteiger partial charge in [-0.2, -0.15) is 0 Å². The van der Waals surface area contributed by atoms with Crippen molar-refractivity contribution < 1.29 is 9.53 Å². The molecule has 0 unspecified atom stereocenters. The Morgan fingerprint density at radius 2 is 1.83 bits per heavy atom. The fourth-order valence-corrected chi connectivity index (χ4v) is 3.85. The van der Waals surface area contributed by atoms with E-state index in [-0.39, 0.29) is 11.9 Å². The van der Waals surface area contributed by atoms with Crippen LogP contribution in [0.3, 0.4) is 0 Å². The number of anilines is 1. The molecule has 5 heteroatoms. The fourth-order valence-electron chi connectivity index (χ4n) is 3.85. The molecular formula is C25H27N3O2. The number of benzene rings is 2. The molecule has 1 aliphatic heterocycles. The number of carbonyl (C=O) groups excluding carboxylic acids is 1. The normalized spacial score (nSPS) is 16.7. The van der Waals surface area contributed by atoms with E-state index in [0.717, 1.165) is 44.5 Å². The number of amides is 1. The average Bonchev–Trinajstić information content (AvgIpc) is 2.80. The highest BCUT2D eigenvalue weighted by Gasteiger charge is 2.28. The number of rotatable bonds is 7. The van der Waals surface area contributed by atoms with E-state index >= 15 is 0 Å². The quantitative estimate of drug-likeness (QED) is 0.611. The standard InChI is InChI=1S/C25H27N3O2/c29-25(24-10-4-5-17-28(24)18-15-20-7-2-1-3-8-20)27-21-11-13-22(14-12-21)30-23-9-6-16-26-19-23/h1-3,6-9,11-14,16,19,24H,4-5,10,15,17-18H2,(H,27,29)/t24-/m1/s1. The second kappa shape index (κ2) is 10.0. The van der Waals surface area contributed by atoms with Crippen LogP contribution in [-0.4, -0.2) is 34.9 Å². The summed E-state index contributed by atoms with van der Waals surface area (Å²) in [5.41, 5.74) is 2.10. The van der Waals surface area contributed by atoms with Crippen LogP contribution in [0.25, 0.3) is 0 Å². The van der Waals surface area contributed by atoms with Gasteiger partial charge in [-0.3, -0.25) is 14.7 Å². The van der Waals surface area contributed by atoms with Gasteiger partial charge in [0.2, 0.25) is 5.91 Å². The lowest BCUT2D eigenvalue weighted by molar-refractivity contribution is -0.122. The van der Waals surface area contributed by atoms with E-state index < -0.39 is 0 Å². The van der Waals surface area contributed by atoms with Crippen LogP contribution < -0.4 is 10.1 Å². The van der Waals surface area contributed by atoms with Gasteiger partial charge in [-0.05, 0) is 67.8 Å². The third-order valence-corrected chi connectivity index (χ3v) is 5.44. The minimum absolute atomic E-state index is 0.0729. The van der Waals surface area contributed by atoms with E-state index in [1.807, 2.05) is 42.5 Å². The topological polar surface area (TPSA) is 54.5 Å². The first-order chi connectivity index (χ1) is 14.8. The molecule has 30 heavy (non-hydrogen) atoms. The van der Waals surface area contributed by atoms with Crippen molar-refractivity contribution in [2.45, 2.75) is 31.7 Å². The highest BCUT2D eigenvalue weighted by Crippen LogP contribution is 2.23. The number of nitrogens with one attached hydrogen (secondary N) is 1. The molecule has 0 spiro atoms. The van der Waals surface area contributed by atoms with Crippen LogP contribution in [0, 0.1) is 0 Å². The smallest absolute Gasteiger partial charge is 0.241 e. The van der Waals surface area contributed by atoms with E-state index in [1.54, 1.807) is 12.4 Å². The van der Waals surface area contributed by atoms with Gasteiger partial charge in [-0.15, -0.1) is 0 Å². The zero-order valence-electron chi connectivity index (χ0n) is 17.0. The minimum atomic E-state index is -0.0752. The number of hydrogen-bond acceptors (Lipinski definition) is 4. The molecular weight excluding hydrogens is 374 g/mol. The molecule has 0 bridgehead atoms. The molecule has 2 heterocycles. The highest BCUT2D eigenvalue weighted by atomic mass is 16.5. The summed E-state index contributed by atoms with van der Waals surface area (Å²) in [7, 11) is 0. The van der Waals surface area contributed by atoms with Crippen LogP contribution in [0.1, 0.15) is 24.8 Å². The number of nitrogens with zero attached hydrogens (tertiary/aromatic N) is 2. The largest absolute Gasteiger partial charge is 0.456 e. The first-order valence-electron chi connectivity index (χ1n) is 10.5. The molecule has 2 aromatic carbocycles. The van der Waals surface area contributed by atoms with Crippen LogP contribution in [0.2, 0.25) is 0 Å². The fraction of sp³-hybridized carbons (Fsp3) is 0.280. The van der Waals surface area contributed by atoms with Crippen molar-refractivity contribution in [3.05, 3.63) is 84.7 Å². The summed E-state index contributed by atoms with van der Waals surface area (Å²) in [6, 6.07) is 21.5. The Hall–Kier alpha value is -3.18. The molecule has 1 fully saturated rings. The van der Waals surface area contributed by atoms with Gasteiger partial charge in [-0.1, -0.05) is 36.8 Å². The van der Waals surface area contributed by atoms with Crippen molar-refractivity contribution in [1.29, 1.82) is 0 Å². The summed E-state index contributed by atoms with van der Waals surface area (Å²) in [5.74, 6) is 1.47. The van der Waals surface area contributed by atoms with Gasteiger partial charge < -0.3 is 10.1 Å². The van der Waals surface area contributed by atoms with Crippen molar-refractivity contribution in [2.75, 3.05) is 18.4 Å². The molecule has 1 amide bonds. The van der Waals surface area contributed by atoms with Crippen LogP contribution in [0.15, 0.2) is 79.1 Å². The third kappa shape index (κ3) is 5.45. The van der Waals surface area contributed by atoms with Gasteiger partial charge in [0.15, 0.2) is 0 Å². The second-order valence-electron chi connectivity index (χ2n) is 7.59. The van der Waals surface area contributed by atoms with Gasteiger partial charge in [0.1, 0.15) is 11.5 Å². The third-order valence-electron chi connectivity index (χ3n) is 5.44. The molecule has 3 aromatic rings. The van der Waals surface area contributed by atoms with E-state index in [4.69, 9.17) is 4.74 Å². The monoisotopic (exact) mass is 401 g/mol. The van der Waals surface area contributed by atoms with E-state index in [0.29, 0.717) is 11.5 Å². The predicted octanol–water partition coefficient (Wildman–Crippen LogP) is 4.91. The van der Waals surface area contributed by atoms with Crippen LogP contribution >= 0.6 is 0 Å². The Labute approximate surface area is 177 Å². The van der Waals surface area contributed by atoms with E-state index in [1.165, 1.54) is 5.56 Å². The first kappa shape index (κ1) is 20.1. The van der Waals surface area contributed by atoms with E-state index in [9.17, 15) is 4.79 Å². The molecule has 0 radical (unpaired) electrons. The molecule has 1 saturated heterocycles. The number of aromatic nitrogens is 1. The number of hydrogen-bond donors (Lipinski definition) is 1. The zero-order chi connectivity index (χ0) is 20.6. The lowest BCUT2D eigenvalue weighted by atomic mass is 10.00. The summed E-state index contributed by atoms with van der Waals surface area (Å²) in [4.78, 5) is 19.3. The molecule has 5 nitrogen and oxygen atoms in total. The molecule has 0 aliphatic carbocycles. The molecule has 1 N–H and O–H groups in total. The molecule has 1 atom stereocenters. The summed E-state index contributed by atoms with van der Waals surface area (Å²) < 4.78 is 5.76. The maximum Gasteiger partial charge on any atom is 0.241 e. The maximum absolute atomic E-state index is 13.0. The van der Waals surface area contributed by atoms with Crippen molar-refractivity contribution in [2.24, 2.45) is 0 Å². The van der Waals surface area contributed by atoms with Gasteiger partial charge >= 0.3 is 0 Å². The van der Waals surface area contributed by atoms with Crippen molar-refractivity contribution >= 4 is 11.6 Å². The molecule has 154 valence electrons. The van der Waals surface area contributed by atoms with Crippen LogP contribution in [-0.2, 0) is 11.2 Å². The van der Waals surface area contributed by atoms with E-state index in [2.05, 4.69) is 39.5 Å². The van der Waals surface area contributed by atoms with Crippen LogP contribution in [0.4, 0.5) is 5.69 Å². The Kier molecular flexibility index (Phi) is 6.72.